The van der Waals surface area contributed by atoms with E-state index in [0.717, 1.165) is 16.8 Å². The van der Waals surface area contributed by atoms with Crippen LogP contribution in [0.1, 0.15) is 23.6 Å². The molecule has 0 aliphatic heterocycles. The lowest BCUT2D eigenvalue weighted by molar-refractivity contribution is 1.33. The van der Waals surface area contributed by atoms with Crippen LogP contribution in [0.25, 0.3) is 16.7 Å². The normalized spacial score (nSPS) is 10.4. The van der Waals surface area contributed by atoms with Gasteiger partial charge in [-0.25, -0.2) is 0 Å². The third-order valence-corrected chi connectivity index (χ3v) is 3.34. The summed E-state index contributed by atoms with van der Waals surface area (Å²) in [6.07, 6.45) is 0. The number of aryl methyl sites for hydroxylation is 2. The summed E-state index contributed by atoms with van der Waals surface area (Å²) in [5, 5.41) is 0. The molecule has 1 heteroatoms. The Bertz CT molecular complexity index is 609. The second-order valence-electron chi connectivity index (χ2n) is 4.85. The molecule has 2 aromatic rings. The molecule has 2 rings (SSSR count). The number of nitrogens with two attached hydrogens (primary N) is 1. The topological polar surface area (TPSA) is 26.0 Å². The number of nitrogen functional groups attached to an aromatic ring is 1. The molecule has 0 unspecified atom stereocenters. The minimum atomic E-state index is 0.809. The third kappa shape index (κ3) is 2.17. The molecule has 1 nitrogen and oxygen atoms in total. The molecule has 0 spiro atoms. The Morgan fingerprint density at radius 3 is 2.22 bits per heavy atom. The summed E-state index contributed by atoms with van der Waals surface area (Å²) >= 11 is 0. The highest BCUT2D eigenvalue weighted by Gasteiger charge is 2.10. The molecule has 0 aliphatic carbocycles. The van der Waals surface area contributed by atoms with Crippen molar-refractivity contribution in [3.8, 4) is 11.1 Å². The van der Waals surface area contributed by atoms with Gasteiger partial charge < -0.3 is 5.73 Å². The van der Waals surface area contributed by atoms with Gasteiger partial charge in [0.05, 0.1) is 0 Å². The number of anilines is 1. The van der Waals surface area contributed by atoms with Crippen molar-refractivity contribution in [2.45, 2.75) is 20.8 Å². The third-order valence-electron chi connectivity index (χ3n) is 3.34. The zero-order valence-corrected chi connectivity index (χ0v) is 11.2. The van der Waals surface area contributed by atoms with Crippen LogP contribution in [-0.4, -0.2) is 0 Å². The van der Waals surface area contributed by atoms with Gasteiger partial charge in [-0.2, -0.15) is 0 Å². The van der Waals surface area contributed by atoms with Crippen molar-refractivity contribution in [1.29, 1.82) is 0 Å². The summed E-state index contributed by atoms with van der Waals surface area (Å²) in [6, 6.07) is 12.4. The van der Waals surface area contributed by atoms with Gasteiger partial charge in [-0.1, -0.05) is 42.5 Å². The summed E-state index contributed by atoms with van der Waals surface area (Å²) in [5.74, 6) is 0. The molecule has 0 radical (unpaired) electrons. The molecule has 2 aromatic carbocycles. The summed E-state index contributed by atoms with van der Waals surface area (Å²) < 4.78 is 0. The Hall–Kier alpha value is -2.02. The van der Waals surface area contributed by atoms with Gasteiger partial charge in [0.15, 0.2) is 0 Å². The minimum Gasteiger partial charge on any atom is -0.398 e. The first kappa shape index (κ1) is 12.4. The van der Waals surface area contributed by atoms with Gasteiger partial charge >= 0.3 is 0 Å². The molecule has 0 aliphatic rings. The molecule has 92 valence electrons. The van der Waals surface area contributed by atoms with Crippen molar-refractivity contribution in [2.75, 3.05) is 5.73 Å². The van der Waals surface area contributed by atoms with Crippen molar-refractivity contribution >= 4 is 11.3 Å². The van der Waals surface area contributed by atoms with Crippen LogP contribution in [0.2, 0.25) is 0 Å². The van der Waals surface area contributed by atoms with Crippen LogP contribution in [0, 0.1) is 13.8 Å². The van der Waals surface area contributed by atoms with Crippen LogP contribution >= 0.6 is 0 Å². The molecule has 0 saturated heterocycles. The zero-order valence-electron chi connectivity index (χ0n) is 11.2. The van der Waals surface area contributed by atoms with Crippen LogP contribution in [-0.2, 0) is 0 Å². The van der Waals surface area contributed by atoms with Crippen molar-refractivity contribution in [1.82, 2.24) is 0 Å². The first-order chi connectivity index (χ1) is 8.50. The van der Waals surface area contributed by atoms with E-state index in [2.05, 4.69) is 38.6 Å². The number of rotatable bonds is 2. The quantitative estimate of drug-likeness (QED) is 0.760. The number of hydrogen-bond acceptors (Lipinski definition) is 1. The van der Waals surface area contributed by atoms with E-state index in [9.17, 15) is 0 Å². The highest BCUT2D eigenvalue weighted by molar-refractivity contribution is 5.86. The first-order valence-corrected chi connectivity index (χ1v) is 6.12. The van der Waals surface area contributed by atoms with E-state index in [0.29, 0.717) is 0 Å². The predicted molar refractivity (Wildman–Crippen MR) is 80.5 cm³/mol. The van der Waals surface area contributed by atoms with E-state index in [4.69, 9.17) is 5.73 Å². The summed E-state index contributed by atoms with van der Waals surface area (Å²) in [4.78, 5) is 0. The first-order valence-electron chi connectivity index (χ1n) is 6.12. The zero-order chi connectivity index (χ0) is 13.3. The Morgan fingerprint density at radius 2 is 1.61 bits per heavy atom. The molecule has 0 bridgehead atoms. The van der Waals surface area contributed by atoms with E-state index in [1.165, 1.54) is 22.3 Å². The van der Waals surface area contributed by atoms with Crippen LogP contribution in [0.5, 0.6) is 0 Å². The Labute approximate surface area is 109 Å². The van der Waals surface area contributed by atoms with Crippen molar-refractivity contribution in [3.05, 3.63) is 59.7 Å². The van der Waals surface area contributed by atoms with Gasteiger partial charge in [0.1, 0.15) is 0 Å². The molecule has 0 amide bonds. The Morgan fingerprint density at radius 1 is 1.00 bits per heavy atom. The lowest BCUT2D eigenvalue weighted by atomic mass is 9.91. The summed E-state index contributed by atoms with van der Waals surface area (Å²) in [6.45, 7) is 10.4. The standard InChI is InChI=1S/C17H19N/c1-11(2)15-9-12(3)13(4)10-16(15)14-7-5-6-8-17(14)18/h5-10H,1,18H2,2-4H3. The van der Waals surface area contributed by atoms with Crippen molar-refractivity contribution < 1.29 is 0 Å². The van der Waals surface area contributed by atoms with Gasteiger partial charge in [0.2, 0.25) is 0 Å². The maximum Gasteiger partial charge on any atom is 0.0393 e. The fourth-order valence-electron chi connectivity index (χ4n) is 2.13. The van der Waals surface area contributed by atoms with Crippen molar-refractivity contribution in [2.24, 2.45) is 0 Å². The summed E-state index contributed by atoms with van der Waals surface area (Å²) in [5.41, 5.74) is 13.9. The SMILES string of the molecule is C=C(C)c1cc(C)c(C)cc1-c1ccccc1N. The monoisotopic (exact) mass is 237 g/mol. The maximum absolute atomic E-state index is 6.08. The molecule has 0 fully saturated rings. The average Bonchev–Trinajstić information content (AvgIpc) is 2.32. The van der Waals surface area contributed by atoms with E-state index in [-0.39, 0.29) is 0 Å². The van der Waals surface area contributed by atoms with Gasteiger partial charge in [-0.05, 0) is 49.1 Å². The molecule has 2 N–H and O–H groups in total. The molecule has 0 aromatic heterocycles. The van der Waals surface area contributed by atoms with E-state index in [1.54, 1.807) is 0 Å². The van der Waals surface area contributed by atoms with E-state index < -0.39 is 0 Å². The van der Waals surface area contributed by atoms with Crippen LogP contribution in [0.4, 0.5) is 5.69 Å². The fraction of sp³-hybridized carbons (Fsp3) is 0.176. The molecular formula is C17H19N. The fourth-order valence-corrected chi connectivity index (χ4v) is 2.13. The van der Waals surface area contributed by atoms with Gasteiger partial charge in [-0.15, -0.1) is 0 Å². The van der Waals surface area contributed by atoms with Gasteiger partial charge in [-0.3, -0.25) is 0 Å². The number of hydrogen-bond donors (Lipinski definition) is 1. The molecular weight excluding hydrogens is 218 g/mol. The minimum absolute atomic E-state index is 0.809. The number of benzene rings is 2. The number of para-hydroxylation sites is 1. The molecule has 0 atom stereocenters. The maximum atomic E-state index is 6.08. The number of allylic oxidation sites excluding steroid dienone is 1. The van der Waals surface area contributed by atoms with Crippen LogP contribution in [0.3, 0.4) is 0 Å². The van der Waals surface area contributed by atoms with Crippen LogP contribution in [0.15, 0.2) is 43.0 Å². The van der Waals surface area contributed by atoms with Crippen molar-refractivity contribution in [3.63, 3.8) is 0 Å². The average molecular weight is 237 g/mol. The van der Waals surface area contributed by atoms with Gasteiger partial charge in [0.25, 0.3) is 0 Å². The largest absolute Gasteiger partial charge is 0.398 e. The van der Waals surface area contributed by atoms with Crippen LogP contribution < -0.4 is 5.73 Å². The highest BCUT2D eigenvalue weighted by atomic mass is 14.6. The lowest BCUT2D eigenvalue weighted by Gasteiger charge is -2.14. The van der Waals surface area contributed by atoms with Gasteiger partial charge in [0, 0.05) is 11.3 Å². The highest BCUT2D eigenvalue weighted by Crippen LogP contribution is 2.33. The smallest absolute Gasteiger partial charge is 0.0393 e. The second-order valence-corrected chi connectivity index (χ2v) is 4.85. The Balaban J connectivity index is 2.74. The predicted octanol–water partition coefficient (Wildman–Crippen LogP) is 4.59. The molecule has 0 heterocycles. The molecule has 0 saturated carbocycles. The van der Waals surface area contributed by atoms with E-state index in [1.807, 2.05) is 25.1 Å². The molecule has 18 heavy (non-hydrogen) atoms. The second kappa shape index (κ2) is 4.69. The lowest BCUT2D eigenvalue weighted by Crippen LogP contribution is -1.95. The Kier molecular flexibility index (Phi) is 3.24. The van der Waals surface area contributed by atoms with E-state index >= 15 is 0 Å². The summed E-state index contributed by atoms with van der Waals surface area (Å²) in [7, 11) is 0.